The molecule has 0 aromatic heterocycles. The van der Waals surface area contributed by atoms with E-state index in [1.165, 1.54) is 205 Å². The van der Waals surface area contributed by atoms with Crippen LogP contribution in [0.25, 0.3) is 0 Å². The van der Waals surface area contributed by atoms with Crippen LogP contribution in [0, 0.1) is 0 Å². The molecule has 0 heterocycles. The normalized spacial score (nSPS) is 11.9. The number of aliphatic carboxylic acids is 1. The van der Waals surface area contributed by atoms with E-state index in [1.54, 1.807) is 0 Å². The molecule has 258 valence electrons. The van der Waals surface area contributed by atoms with Gasteiger partial charge in [-0.25, -0.2) is 0 Å². The van der Waals surface area contributed by atoms with Crippen LogP contribution >= 0.6 is 22.2 Å². The van der Waals surface area contributed by atoms with Gasteiger partial charge < -0.3 is 5.11 Å². The molecule has 43 heavy (non-hydrogen) atoms. The number of rotatable bonds is 37. The molecular weight excluding hydrogens is 587 g/mol. The molecule has 0 unspecified atom stereocenters. The zero-order valence-electron chi connectivity index (χ0n) is 29.1. The van der Waals surface area contributed by atoms with Gasteiger partial charge in [-0.15, -0.1) is 22.2 Å². The van der Waals surface area contributed by atoms with E-state index >= 15 is 0 Å². The zero-order valence-corrected chi connectivity index (χ0v) is 31.6. The van der Waals surface area contributed by atoms with Crippen molar-refractivity contribution in [1.82, 2.24) is 0 Å². The second-order valence-electron chi connectivity index (χ2n) is 14.0. The highest BCUT2D eigenvalue weighted by molar-refractivity contribution is 7.44. The largest absolute Gasteiger partial charge is 0.481 e. The summed E-state index contributed by atoms with van der Waals surface area (Å²) in [5, 5.41) is 8.64. The number of carboxylic acids is 1. The minimum atomic E-state index is -1.85. The minimum absolute atomic E-state index is 0.344. The van der Waals surface area contributed by atoms with Crippen LogP contribution in [0.5, 0.6) is 0 Å². The molecule has 0 saturated carbocycles. The smallest absolute Gasteiger partial charge is 0.303 e. The summed E-state index contributed by atoms with van der Waals surface area (Å²) in [6.45, 7) is 0.190. The molecule has 5 heteroatoms. The van der Waals surface area contributed by atoms with Crippen LogP contribution in [0.3, 0.4) is 0 Å². The molecule has 0 aliphatic rings. The lowest BCUT2D eigenvalue weighted by Gasteiger charge is -2.09. The lowest BCUT2D eigenvalue weighted by atomic mass is 10.0. The maximum Gasteiger partial charge on any atom is 0.303 e. The molecule has 0 radical (unpaired) electrons. The molecule has 0 atom stereocenters. The van der Waals surface area contributed by atoms with Crippen LogP contribution in [0.2, 0.25) is 12.6 Å². The van der Waals surface area contributed by atoms with Crippen LogP contribution in [-0.2, 0) is 4.79 Å². The van der Waals surface area contributed by atoms with Gasteiger partial charge in [0.25, 0.3) is 0 Å². The molecule has 0 aromatic rings. The van der Waals surface area contributed by atoms with E-state index < -0.39 is 12.7 Å². The van der Waals surface area contributed by atoms with E-state index in [0.717, 1.165) is 18.9 Å². The summed E-state index contributed by atoms with van der Waals surface area (Å²) in [7, 11) is 0. The molecule has 0 rings (SSSR count). The van der Waals surface area contributed by atoms with E-state index in [9.17, 15) is 4.79 Å². The van der Waals surface area contributed by atoms with E-state index in [4.69, 9.17) is 27.3 Å². The molecule has 0 aliphatic heterocycles. The number of carboxylic acid groups (broad SMARTS) is 1. The average molecular weight is 664 g/mol. The predicted octanol–water partition coefficient (Wildman–Crippen LogP) is 15.3. The molecule has 0 saturated heterocycles. The van der Waals surface area contributed by atoms with Gasteiger partial charge in [0, 0.05) is 6.42 Å². The van der Waals surface area contributed by atoms with Crippen LogP contribution in [0.1, 0.15) is 225 Å². The molecule has 0 aliphatic carbocycles. The summed E-state index contributed by atoms with van der Waals surface area (Å²) in [5.41, 5.74) is 0. The van der Waals surface area contributed by atoms with E-state index in [1.807, 2.05) is 6.55 Å². The van der Waals surface area contributed by atoms with E-state index in [2.05, 4.69) is 0 Å². The van der Waals surface area contributed by atoms with Crippen LogP contribution < -0.4 is 0 Å². The Labute approximate surface area is 281 Å². The van der Waals surface area contributed by atoms with Gasteiger partial charge in [0.05, 0.1) is 0 Å². The van der Waals surface area contributed by atoms with Crippen LogP contribution in [-0.4, -0.2) is 17.8 Å². The first kappa shape index (κ1) is 43.3. The minimum Gasteiger partial charge on any atom is -0.481 e. The summed E-state index contributed by atoms with van der Waals surface area (Å²) in [6, 6.07) is 1.06. The third-order valence-electron chi connectivity index (χ3n) is 9.26. The van der Waals surface area contributed by atoms with Gasteiger partial charge >= 0.3 is 5.97 Å². The van der Waals surface area contributed by atoms with Crippen molar-refractivity contribution in [3.05, 3.63) is 0 Å². The number of halogens is 2. The van der Waals surface area contributed by atoms with Gasteiger partial charge in [0.2, 0.25) is 6.69 Å². The third kappa shape index (κ3) is 42.3. The quantitative estimate of drug-likeness (QED) is 0.0408. The molecule has 0 fully saturated rings. The van der Waals surface area contributed by atoms with E-state index in [0.29, 0.717) is 6.42 Å². The molecule has 0 bridgehead atoms. The summed E-state index contributed by atoms with van der Waals surface area (Å²) in [6.07, 6.45) is 47.5. The van der Waals surface area contributed by atoms with Gasteiger partial charge in [-0.05, 0) is 19.0 Å². The fraction of sp³-hybridized carbons (Fsp3) is 0.974. The maximum atomic E-state index is 10.5. The van der Waals surface area contributed by atoms with Gasteiger partial charge in [-0.3, -0.25) is 4.79 Å². The lowest BCUT2D eigenvalue weighted by molar-refractivity contribution is -0.137. The molecule has 1 N–H and O–H groups in total. The standard InChI is InChI=1S/C38H76Cl2O2Si/c1-43(39,40)37-35-33-31-29-27-25-23-21-19-17-15-13-11-9-7-5-3-2-4-6-8-10-12-14-16-18-20-22-24-26-28-30-32-34-36-38(41)42/h2-37H2,1H3,(H,41,42). The van der Waals surface area contributed by atoms with Crippen molar-refractivity contribution >= 4 is 34.8 Å². The highest BCUT2D eigenvalue weighted by Gasteiger charge is 2.19. The van der Waals surface area contributed by atoms with Gasteiger partial charge in [0.15, 0.2) is 0 Å². The predicted molar refractivity (Wildman–Crippen MR) is 197 cm³/mol. The Morgan fingerprint density at radius 2 is 0.535 bits per heavy atom. The van der Waals surface area contributed by atoms with Gasteiger partial charge in [-0.1, -0.05) is 212 Å². The topological polar surface area (TPSA) is 37.3 Å². The van der Waals surface area contributed by atoms with Crippen molar-refractivity contribution in [2.75, 3.05) is 0 Å². The molecular formula is C38H76Cl2O2Si. The summed E-state index contributed by atoms with van der Waals surface area (Å²) in [5.74, 6) is -0.650. The SMILES string of the molecule is C[Si](Cl)(Cl)CCCCCCCCCCCCCCCCCCCCCCCCCCCCCCCCCCCCC(=O)O. The monoisotopic (exact) mass is 662 g/mol. The summed E-state index contributed by atoms with van der Waals surface area (Å²) in [4.78, 5) is 10.5. The van der Waals surface area contributed by atoms with Crippen molar-refractivity contribution < 1.29 is 9.90 Å². The third-order valence-corrected chi connectivity index (χ3v) is 11.6. The summed E-state index contributed by atoms with van der Waals surface area (Å²) < 4.78 is 0. The Morgan fingerprint density at radius 1 is 0.372 bits per heavy atom. The van der Waals surface area contributed by atoms with E-state index in [-0.39, 0.29) is 0 Å². The van der Waals surface area contributed by atoms with Crippen molar-refractivity contribution in [1.29, 1.82) is 0 Å². The maximum absolute atomic E-state index is 10.5. The Balaban J connectivity index is 3.06. The Hall–Kier alpha value is 0.267. The van der Waals surface area contributed by atoms with Crippen LogP contribution in [0.4, 0.5) is 0 Å². The van der Waals surface area contributed by atoms with Crippen molar-refractivity contribution in [3.8, 4) is 0 Å². The van der Waals surface area contributed by atoms with Crippen LogP contribution in [0.15, 0.2) is 0 Å². The lowest BCUT2D eigenvalue weighted by Crippen LogP contribution is -2.11. The Kier molecular flexibility index (Phi) is 35.3. The number of carbonyl (C=O) groups is 1. The fourth-order valence-corrected chi connectivity index (χ4v) is 8.04. The second-order valence-corrected chi connectivity index (χ2v) is 22.2. The number of unbranched alkanes of at least 4 members (excludes halogenated alkanes) is 33. The van der Waals surface area contributed by atoms with Crippen molar-refractivity contribution in [2.24, 2.45) is 0 Å². The molecule has 0 aromatic carbocycles. The van der Waals surface area contributed by atoms with Crippen molar-refractivity contribution in [3.63, 3.8) is 0 Å². The first-order valence-corrected chi connectivity index (χ1v) is 24.2. The number of hydrogen-bond acceptors (Lipinski definition) is 1. The second kappa shape index (κ2) is 35.1. The number of hydrogen-bond donors (Lipinski definition) is 1. The fourth-order valence-electron chi connectivity index (χ4n) is 6.37. The van der Waals surface area contributed by atoms with Gasteiger partial charge in [0.1, 0.15) is 0 Å². The highest BCUT2D eigenvalue weighted by atomic mass is 35.7. The zero-order chi connectivity index (χ0) is 31.5. The first-order chi connectivity index (χ1) is 20.9. The van der Waals surface area contributed by atoms with Crippen molar-refractivity contribution in [2.45, 2.75) is 237 Å². The average Bonchev–Trinajstić information content (AvgIpc) is 2.96. The Bertz CT molecular complexity index is 553. The molecule has 0 spiro atoms. The summed E-state index contributed by atoms with van der Waals surface area (Å²) >= 11 is 12.3. The Morgan fingerprint density at radius 3 is 0.698 bits per heavy atom. The first-order valence-electron chi connectivity index (χ1n) is 19.5. The molecule has 2 nitrogen and oxygen atoms in total. The molecule has 0 amide bonds. The highest BCUT2D eigenvalue weighted by Crippen LogP contribution is 2.23. The van der Waals surface area contributed by atoms with Gasteiger partial charge in [-0.2, -0.15) is 0 Å².